The van der Waals surface area contributed by atoms with Crippen molar-refractivity contribution in [2.75, 3.05) is 0 Å². The standard InChI is InChI=1S/C21H12N4/c1-21(2)18-9-13(15(11-22)12-23)5-7-16(18)17-8-6-14(10-19(17)21)20(24-3)25-4/h5-10H,1-2H3. The first kappa shape index (κ1) is 16.0. The topological polar surface area (TPSA) is 56.3 Å². The second kappa shape index (κ2) is 5.65. The van der Waals surface area contributed by atoms with Crippen molar-refractivity contribution < 1.29 is 0 Å². The SMILES string of the molecule is [C-]#[N+]C([N+]#[C-])=c1ccc2c(c1)C(C)(C)c1cc(=C(C#N)C#N)ccc1=2. The summed E-state index contributed by atoms with van der Waals surface area (Å²) in [5.41, 5.74) is 1.82. The number of fused-ring (bicyclic) bond motifs is 2. The molecule has 4 nitrogen and oxygen atoms in total. The predicted octanol–water partition coefficient (Wildman–Crippen LogP) is 2.72. The van der Waals surface area contributed by atoms with Gasteiger partial charge in [0.1, 0.15) is 30.9 Å². The summed E-state index contributed by atoms with van der Waals surface area (Å²) in [4.78, 5) is 6.59. The molecule has 0 saturated heterocycles. The second-order valence-electron chi connectivity index (χ2n) is 6.29. The summed E-state index contributed by atoms with van der Waals surface area (Å²) >= 11 is 0. The Labute approximate surface area is 145 Å². The minimum absolute atomic E-state index is 0.0554. The first-order valence-corrected chi connectivity index (χ1v) is 7.57. The van der Waals surface area contributed by atoms with Gasteiger partial charge in [0.05, 0.1) is 5.22 Å². The Balaban J connectivity index is 2.48. The molecule has 2 aromatic carbocycles. The summed E-state index contributed by atoms with van der Waals surface area (Å²) in [5.74, 6) is 0.0554. The van der Waals surface area contributed by atoms with Crippen LogP contribution in [0.4, 0.5) is 0 Å². The summed E-state index contributed by atoms with van der Waals surface area (Å²) in [5, 5.41) is 21.6. The molecule has 4 heteroatoms. The molecule has 25 heavy (non-hydrogen) atoms. The van der Waals surface area contributed by atoms with Gasteiger partial charge < -0.3 is 0 Å². The smallest absolute Gasteiger partial charge is 0.192 e. The average molecular weight is 320 g/mol. The van der Waals surface area contributed by atoms with E-state index in [-0.39, 0.29) is 16.8 Å². The quantitative estimate of drug-likeness (QED) is 0.701. The highest BCUT2D eigenvalue weighted by Gasteiger charge is 2.30. The summed E-state index contributed by atoms with van der Waals surface area (Å²) in [6.07, 6.45) is 0. The van der Waals surface area contributed by atoms with Crippen LogP contribution in [0.15, 0.2) is 36.4 Å². The predicted molar refractivity (Wildman–Crippen MR) is 93.2 cm³/mol. The average Bonchev–Trinajstić information content (AvgIpc) is 2.85. The number of hydrogen-bond acceptors (Lipinski definition) is 2. The molecule has 0 N–H and O–H groups in total. The van der Waals surface area contributed by atoms with E-state index in [1.807, 2.05) is 36.4 Å². The molecule has 0 fully saturated rings. The molecule has 0 amide bonds. The van der Waals surface area contributed by atoms with Gasteiger partial charge in [-0.1, -0.05) is 44.2 Å². The fourth-order valence-corrected chi connectivity index (χ4v) is 3.34. The highest BCUT2D eigenvalue weighted by molar-refractivity contribution is 5.72. The summed E-state index contributed by atoms with van der Waals surface area (Å²) in [7, 11) is 0. The normalized spacial score (nSPS) is 12.6. The minimum Gasteiger partial charge on any atom is -0.192 e. The van der Waals surface area contributed by atoms with Crippen LogP contribution in [0.2, 0.25) is 0 Å². The molecule has 0 radical (unpaired) electrons. The van der Waals surface area contributed by atoms with Crippen LogP contribution in [-0.2, 0) is 5.41 Å². The number of benzene rings is 2. The molecule has 3 rings (SSSR count). The van der Waals surface area contributed by atoms with E-state index in [9.17, 15) is 0 Å². The van der Waals surface area contributed by atoms with E-state index in [2.05, 4.69) is 23.5 Å². The summed E-state index contributed by atoms with van der Waals surface area (Å²) in [6, 6.07) is 15.1. The maximum Gasteiger partial charge on any atom is 0.526 e. The highest BCUT2D eigenvalue weighted by Crippen LogP contribution is 2.36. The van der Waals surface area contributed by atoms with Crippen LogP contribution in [0.3, 0.4) is 0 Å². The van der Waals surface area contributed by atoms with Crippen molar-refractivity contribution in [3.63, 3.8) is 0 Å². The van der Waals surface area contributed by atoms with Gasteiger partial charge in [-0.05, 0) is 27.6 Å². The van der Waals surface area contributed by atoms with Crippen LogP contribution in [0.25, 0.3) is 21.1 Å². The fraction of sp³-hybridized carbons (Fsp3) is 0.143. The maximum atomic E-state index is 9.11. The molecule has 0 saturated carbocycles. The van der Waals surface area contributed by atoms with Gasteiger partial charge in [0, 0.05) is 10.6 Å². The lowest BCUT2D eigenvalue weighted by Crippen LogP contribution is -2.20. The Morgan fingerprint density at radius 2 is 1.36 bits per heavy atom. The lowest BCUT2D eigenvalue weighted by molar-refractivity contribution is 0.649. The number of nitrogens with zero attached hydrogens (tertiary/aromatic N) is 4. The van der Waals surface area contributed by atoms with Gasteiger partial charge in [0.2, 0.25) is 0 Å². The van der Waals surface area contributed by atoms with Crippen molar-refractivity contribution in [2.24, 2.45) is 0 Å². The zero-order valence-electron chi connectivity index (χ0n) is 13.8. The Morgan fingerprint density at radius 1 is 0.880 bits per heavy atom. The molecule has 0 heterocycles. The number of hydrogen-bond donors (Lipinski definition) is 0. The molecule has 2 aromatic rings. The summed E-state index contributed by atoms with van der Waals surface area (Å²) in [6.45, 7) is 18.4. The van der Waals surface area contributed by atoms with Gasteiger partial charge in [-0.2, -0.15) is 20.2 Å². The van der Waals surface area contributed by atoms with Crippen molar-refractivity contribution in [2.45, 2.75) is 19.3 Å². The molecule has 0 spiro atoms. The first-order valence-electron chi connectivity index (χ1n) is 7.57. The molecule has 0 aliphatic heterocycles. The number of rotatable bonds is 0. The lowest BCUT2D eigenvalue weighted by atomic mass is 9.81. The lowest BCUT2D eigenvalue weighted by Gasteiger charge is -2.22. The molecule has 0 atom stereocenters. The first-order chi connectivity index (χ1) is 12.0. The third-order valence-corrected chi connectivity index (χ3v) is 4.66. The van der Waals surface area contributed by atoms with E-state index in [1.54, 1.807) is 12.1 Å². The highest BCUT2D eigenvalue weighted by atomic mass is 14.9. The molecule has 0 aromatic heterocycles. The molecule has 1 aliphatic rings. The van der Waals surface area contributed by atoms with Crippen LogP contribution in [0.5, 0.6) is 0 Å². The van der Waals surface area contributed by atoms with Gasteiger partial charge in [0.25, 0.3) is 0 Å². The van der Waals surface area contributed by atoms with E-state index < -0.39 is 0 Å². The van der Waals surface area contributed by atoms with Gasteiger partial charge >= 0.3 is 5.82 Å². The number of nitriles is 2. The Morgan fingerprint density at radius 3 is 1.84 bits per heavy atom. The third kappa shape index (κ3) is 2.26. The van der Waals surface area contributed by atoms with E-state index >= 15 is 0 Å². The van der Waals surface area contributed by atoms with Crippen molar-refractivity contribution >= 4 is 11.4 Å². The van der Waals surface area contributed by atoms with E-state index in [4.69, 9.17) is 23.7 Å². The van der Waals surface area contributed by atoms with Crippen molar-refractivity contribution in [3.05, 3.63) is 91.2 Å². The zero-order chi connectivity index (χ0) is 18.2. The maximum absolute atomic E-state index is 9.11. The largest absolute Gasteiger partial charge is 0.526 e. The van der Waals surface area contributed by atoms with Crippen LogP contribution >= 0.6 is 0 Å². The van der Waals surface area contributed by atoms with Crippen molar-refractivity contribution in [3.8, 4) is 12.1 Å². The van der Waals surface area contributed by atoms with Crippen molar-refractivity contribution in [1.82, 2.24) is 0 Å². The Kier molecular flexibility index (Phi) is 3.62. The minimum atomic E-state index is -0.345. The zero-order valence-corrected chi connectivity index (χ0v) is 13.8. The van der Waals surface area contributed by atoms with E-state index in [0.29, 0.717) is 10.4 Å². The van der Waals surface area contributed by atoms with E-state index in [1.165, 1.54) is 0 Å². The summed E-state index contributed by atoms with van der Waals surface area (Å²) < 4.78 is 0. The molecular formula is C21H12N4. The molecule has 0 bridgehead atoms. The van der Waals surface area contributed by atoms with Gasteiger partial charge in [-0.25, -0.2) is 0 Å². The van der Waals surface area contributed by atoms with Crippen LogP contribution in [0, 0.1) is 46.2 Å². The van der Waals surface area contributed by atoms with Crippen LogP contribution < -0.4 is 10.4 Å². The van der Waals surface area contributed by atoms with E-state index in [0.717, 1.165) is 21.6 Å². The molecule has 116 valence electrons. The van der Waals surface area contributed by atoms with Crippen LogP contribution in [0.1, 0.15) is 25.0 Å². The van der Waals surface area contributed by atoms with Gasteiger partial charge in [-0.15, -0.1) is 0 Å². The second-order valence-corrected chi connectivity index (χ2v) is 6.29. The molecule has 0 unspecified atom stereocenters. The Bertz CT molecular complexity index is 1170. The fourth-order valence-electron chi connectivity index (χ4n) is 3.34. The Hall–Kier alpha value is -3.86. The van der Waals surface area contributed by atoms with Gasteiger partial charge in [-0.3, -0.25) is 0 Å². The van der Waals surface area contributed by atoms with Crippen LogP contribution in [-0.4, -0.2) is 0 Å². The third-order valence-electron chi connectivity index (χ3n) is 4.66. The molecule has 1 aliphatic carbocycles. The van der Waals surface area contributed by atoms with Gasteiger partial charge in [0.15, 0.2) is 0 Å². The van der Waals surface area contributed by atoms with Crippen molar-refractivity contribution in [1.29, 1.82) is 10.5 Å². The molecular weight excluding hydrogens is 308 g/mol. The monoisotopic (exact) mass is 320 g/mol.